The van der Waals surface area contributed by atoms with Gasteiger partial charge in [-0.2, -0.15) is 0 Å². The van der Waals surface area contributed by atoms with Crippen LogP contribution in [0.15, 0.2) is 48.5 Å². The number of piperidine rings is 1. The number of carbonyl (C=O) groups excluding carboxylic acids is 2. The number of nitrogens with zero attached hydrogens (tertiary/aromatic N) is 1. The summed E-state index contributed by atoms with van der Waals surface area (Å²) in [5.74, 6) is 0.923. The highest BCUT2D eigenvalue weighted by Gasteiger charge is 2.26. The van der Waals surface area contributed by atoms with Gasteiger partial charge < -0.3 is 19.7 Å². The molecule has 32 heavy (non-hydrogen) atoms. The Morgan fingerprint density at radius 3 is 2.62 bits per heavy atom. The number of carbonyl (C=O) groups is 2. The molecule has 3 rings (SSSR count). The van der Waals surface area contributed by atoms with Crippen molar-refractivity contribution in [1.82, 2.24) is 10.2 Å². The van der Waals surface area contributed by atoms with Crippen LogP contribution in [-0.4, -0.2) is 56.2 Å². The molecule has 1 saturated heterocycles. The molecule has 1 N–H and O–H groups in total. The molecule has 0 saturated carbocycles. The monoisotopic (exact) mass is 438 g/mol. The van der Waals surface area contributed by atoms with Gasteiger partial charge in [0.25, 0.3) is 11.8 Å². The summed E-state index contributed by atoms with van der Waals surface area (Å²) in [5.41, 5.74) is 2.43. The van der Waals surface area contributed by atoms with Crippen molar-refractivity contribution in [3.05, 3.63) is 65.2 Å². The summed E-state index contributed by atoms with van der Waals surface area (Å²) < 4.78 is 10.7. The van der Waals surface area contributed by atoms with E-state index in [1.165, 1.54) is 0 Å². The Bertz CT molecular complexity index is 895. The number of methoxy groups -OCH3 is 1. The van der Waals surface area contributed by atoms with Crippen LogP contribution in [0.5, 0.6) is 5.75 Å². The van der Waals surface area contributed by atoms with Crippen LogP contribution in [0, 0.1) is 0 Å². The van der Waals surface area contributed by atoms with Crippen molar-refractivity contribution in [3.63, 3.8) is 0 Å². The minimum absolute atomic E-state index is 0.0369. The molecule has 1 heterocycles. The first-order chi connectivity index (χ1) is 15.5. The van der Waals surface area contributed by atoms with Crippen LogP contribution >= 0.6 is 0 Å². The molecule has 2 aromatic rings. The summed E-state index contributed by atoms with van der Waals surface area (Å²) in [4.78, 5) is 27.4. The molecule has 2 aromatic carbocycles. The fraction of sp³-hybridized carbons (Fsp3) is 0.462. The number of rotatable bonds is 9. The van der Waals surface area contributed by atoms with Crippen LogP contribution in [0.3, 0.4) is 0 Å². The first-order valence-electron chi connectivity index (χ1n) is 11.4. The van der Waals surface area contributed by atoms with Crippen molar-refractivity contribution in [1.29, 1.82) is 0 Å². The molecule has 172 valence electrons. The standard InChI is InChI=1S/C26H34N2O4/c1-19(2)32-16-6-14-27-25(29)22-8-4-7-21(17-22)23-9-5-15-28(18-23)26(30)20-10-12-24(31-3)13-11-20/h4,7-8,10-13,17,19,23H,5-6,9,14-16,18H2,1-3H3,(H,27,29)/t23-/m1/s1. The largest absolute Gasteiger partial charge is 0.497 e. The van der Waals surface area contributed by atoms with E-state index in [4.69, 9.17) is 9.47 Å². The molecule has 6 nitrogen and oxygen atoms in total. The summed E-state index contributed by atoms with van der Waals surface area (Å²) >= 11 is 0. The van der Waals surface area contributed by atoms with E-state index in [2.05, 4.69) is 11.4 Å². The van der Waals surface area contributed by atoms with Gasteiger partial charge in [-0.05, 0) is 75.1 Å². The van der Waals surface area contributed by atoms with Gasteiger partial charge in [0.2, 0.25) is 0 Å². The lowest BCUT2D eigenvalue weighted by Crippen LogP contribution is -2.39. The number of amides is 2. The third kappa shape index (κ3) is 6.57. The number of benzene rings is 2. The van der Waals surface area contributed by atoms with Gasteiger partial charge in [-0.3, -0.25) is 9.59 Å². The van der Waals surface area contributed by atoms with E-state index in [1.54, 1.807) is 7.11 Å². The third-order valence-electron chi connectivity index (χ3n) is 5.72. The molecule has 2 amide bonds. The zero-order chi connectivity index (χ0) is 22.9. The Morgan fingerprint density at radius 1 is 1.12 bits per heavy atom. The second kappa shape index (κ2) is 11.7. The van der Waals surface area contributed by atoms with Crippen LogP contribution in [0.1, 0.15) is 65.3 Å². The molecule has 0 unspecified atom stereocenters. The normalized spacial score (nSPS) is 16.1. The van der Waals surface area contributed by atoms with Crippen LogP contribution in [0.2, 0.25) is 0 Å². The van der Waals surface area contributed by atoms with E-state index < -0.39 is 0 Å². The van der Waals surface area contributed by atoms with Gasteiger partial charge in [0.05, 0.1) is 13.2 Å². The predicted molar refractivity (Wildman–Crippen MR) is 125 cm³/mol. The summed E-state index contributed by atoms with van der Waals surface area (Å²) in [6.07, 6.45) is 2.94. The molecule has 1 aliphatic heterocycles. The Labute approximate surface area is 190 Å². The fourth-order valence-electron chi connectivity index (χ4n) is 3.98. The van der Waals surface area contributed by atoms with Crippen LogP contribution < -0.4 is 10.1 Å². The third-order valence-corrected chi connectivity index (χ3v) is 5.72. The second-order valence-electron chi connectivity index (χ2n) is 8.47. The summed E-state index contributed by atoms with van der Waals surface area (Å²) in [7, 11) is 1.61. The van der Waals surface area contributed by atoms with Gasteiger partial charge in [-0.25, -0.2) is 0 Å². The van der Waals surface area contributed by atoms with Crippen molar-refractivity contribution in [2.24, 2.45) is 0 Å². The highest BCUT2D eigenvalue weighted by atomic mass is 16.5. The predicted octanol–water partition coefficient (Wildman–Crippen LogP) is 4.26. The van der Waals surface area contributed by atoms with Crippen LogP contribution in [0.25, 0.3) is 0 Å². The van der Waals surface area contributed by atoms with Gasteiger partial charge >= 0.3 is 0 Å². The molecule has 0 aliphatic carbocycles. The maximum atomic E-state index is 13.0. The number of likely N-dealkylation sites (tertiary alicyclic amines) is 1. The van der Waals surface area contributed by atoms with E-state index in [0.717, 1.165) is 37.1 Å². The quantitative estimate of drug-likeness (QED) is 0.594. The van der Waals surface area contributed by atoms with Gasteiger partial charge in [0.1, 0.15) is 5.75 Å². The molecule has 0 bridgehead atoms. The summed E-state index contributed by atoms with van der Waals surface area (Å²) in [5, 5.41) is 2.97. The van der Waals surface area contributed by atoms with E-state index in [1.807, 2.05) is 61.2 Å². The lowest BCUT2D eigenvalue weighted by molar-refractivity contribution is 0.0705. The molecule has 0 aromatic heterocycles. The van der Waals surface area contributed by atoms with Crippen LogP contribution in [-0.2, 0) is 4.74 Å². The van der Waals surface area contributed by atoms with Crippen molar-refractivity contribution in [2.45, 2.75) is 45.1 Å². The van der Waals surface area contributed by atoms with Gasteiger partial charge in [-0.1, -0.05) is 12.1 Å². The van der Waals surface area contributed by atoms with E-state index in [9.17, 15) is 9.59 Å². The molecule has 1 atom stereocenters. The van der Waals surface area contributed by atoms with Crippen molar-refractivity contribution >= 4 is 11.8 Å². The Hall–Kier alpha value is -2.86. The van der Waals surface area contributed by atoms with Crippen molar-refractivity contribution < 1.29 is 19.1 Å². The number of hydrogen-bond donors (Lipinski definition) is 1. The van der Waals surface area contributed by atoms with Gasteiger partial charge in [-0.15, -0.1) is 0 Å². The molecule has 1 fully saturated rings. The maximum absolute atomic E-state index is 13.0. The molecule has 1 aliphatic rings. The topological polar surface area (TPSA) is 67.9 Å². The number of nitrogens with one attached hydrogen (secondary N) is 1. The lowest BCUT2D eigenvalue weighted by atomic mass is 9.89. The van der Waals surface area contributed by atoms with Crippen molar-refractivity contribution in [3.8, 4) is 5.75 Å². The minimum atomic E-state index is -0.0710. The average Bonchev–Trinajstić information content (AvgIpc) is 2.83. The summed E-state index contributed by atoms with van der Waals surface area (Å²) in [6.45, 7) is 6.63. The summed E-state index contributed by atoms with van der Waals surface area (Å²) in [6, 6.07) is 15.0. The van der Waals surface area contributed by atoms with Gasteiger partial charge in [0, 0.05) is 43.3 Å². The zero-order valence-electron chi connectivity index (χ0n) is 19.3. The molecule has 0 radical (unpaired) electrons. The number of ether oxygens (including phenoxy) is 2. The first-order valence-corrected chi connectivity index (χ1v) is 11.4. The Morgan fingerprint density at radius 2 is 1.91 bits per heavy atom. The SMILES string of the molecule is COc1ccc(C(=O)N2CCC[C@@H](c3cccc(C(=O)NCCCOC(C)C)c3)C2)cc1. The van der Waals surface area contributed by atoms with Gasteiger partial charge in [0.15, 0.2) is 0 Å². The maximum Gasteiger partial charge on any atom is 0.253 e. The molecular formula is C26H34N2O4. The van der Waals surface area contributed by atoms with Crippen LogP contribution in [0.4, 0.5) is 0 Å². The fourth-order valence-corrected chi connectivity index (χ4v) is 3.98. The zero-order valence-corrected chi connectivity index (χ0v) is 19.3. The highest BCUT2D eigenvalue weighted by molar-refractivity contribution is 5.95. The average molecular weight is 439 g/mol. The molecular weight excluding hydrogens is 404 g/mol. The highest BCUT2D eigenvalue weighted by Crippen LogP contribution is 2.28. The lowest BCUT2D eigenvalue weighted by Gasteiger charge is -2.33. The minimum Gasteiger partial charge on any atom is -0.497 e. The molecule has 0 spiro atoms. The molecule has 6 heteroatoms. The smallest absolute Gasteiger partial charge is 0.253 e. The Kier molecular flexibility index (Phi) is 8.68. The van der Waals surface area contributed by atoms with E-state index in [-0.39, 0.29) is 23.8 Å². The van der Waals surface area contributed by atoms with Crippen molar-refractivity contribution in [2.75, 3.05) is 33.4 Å². The van der Waals surface area contributed by atoms with E-state index in [0.29, 0.717) is 30.8 Å². The second-order valence-corrected chi connectivity index (χ2v) is 8.47. The first kappa shape index (κ1) is 23.8. The number of hydrogen-bond acceptors (Lipinski definition) is 4. The Balaban J connectivity index is 1.58. The van der Waals surface area contributed by atoms with E-state index >= 15 is 0 Å².